The van der Waals surface area contributed by atoms with Gasteiger partial charge >= 0.3 is 5.97 Å². The quantitative estimate of drug-likeness (QED) is 0.913. The minimum atomic E-state index is -1.08. The number of carboxylic acid groups (broad SMARTS) is 1. The van der Waals surface area contributed by atoms with Crippen molar-refractivity contribution in [2.75, 3.05) is 11.4 Å². The van der Waals surface area contributed by atoms with E-state index in [1.807, 2.05) is 6.07 Å². The van der Waals surface area contributed by atoms with Crippen LogP contribution in [0.25, 0.3) is 0 Å². The lowest BCUT2D eigenvalue weighted by atomic mass is 10.2. The van der Waals surface area contributed by atoms with Crippen molar-refractivity contribution in [1.82, 2.24) is 9.97 Å². The van der Waals surface area contributed by atoms with Crippen LogP contribution in [0.3, 0.4) is 0 Å². The molecule has 2 aromatic rings. The Morgan fingerprint density at radius 2 is 1.91 bits per heavy atom. The number of benzene rings is 1. The molecule has 1 N–H and O–H groups in total. The Kier molecular flexibility index (Phi) is 3.82. The smallest absolute Gasteiger partial charge is 0.323 e. The van der Waals surface area contributed by atoms with Crippen LogP contribution in [0.1, 0.15) is 35.1 Å². The lowest BCUT2D eigenvalue weighted by Crippen LogP contribution is -2.36. The molecular formula is C16H15N3O3. The summed E-state index contributed by atoms with van der Waals surface area (Å²) in [7, 11) is 0. The monoisotopic (exact) mass is 297 g/mol. The summed E-state index contributed by atoms with van der Waals surface area (Å²) in [4.78, 5) is 33.4. The van der Waals surface area contributed by atoms with Gasteiger partial charge in [0.1, 0.15) is 18.1 Å². The summed E-state index contributed by atoms with van der Waals surface area (Å²) in [5, 5.41) is 9.07. The summed E-state index contributed by atoms with van der Waals surface area (Å²) in [6.07, 6.45) is 3.63. The zero-order valence-corrected chi connectivity index (χ0v) is 11.8. The molecule has 1 saturated carbocycles. The number of nitrogens with zero attached hydrogens (tertiary/aromatic N) is 3. The summed E-state index contributed by atoms with van der Waals surface area (Å²) < 4.78 is 0. The van der Waals surface area contributed by atoms with Crippen molar-refractivity contribution in [3.63, 3.8) is 0 Å². The molecule has 0 saturated heterocycles. The van der Waals surface area contributed by atoms with Gasteiger partial charge in [0.2, 0.25) is 0 Å². The second-order valence-corrected chi connectivity index (χ2v) is 5.19. The van der Waals surface area contributed by atoms with Gasteiger partial charge in [-0.15, -0.1) is 0 Å². The van der Waals surface area contributed by atoms with Crippen LogP contribution in [0.2, 0.25) is 0 Å². The van der Waals surface area contributed by atoms with E-state index in [1.165, 1.54) is 11.0 Å². The van der Waals surface area contributed by atoms with Gasteiger partial charge in [-0.2, -0.15) is 0 Å². The number of aromatic nitrogens is 2. The molecule has 0 bridgehead atoms. The van der Waals surface area contributed by atoms with E-state index in [0.717, 1.165) is 12.8 Å². The fourth-order valence-corrected chi connectivity index (χ4v) is 2.19. The Morgan fingerprint density at radius 1 is 1.18 bits per heavy atom. The zero-order valence-electron chi connectivity index (χ0n) is 11.8. The van der Waals surface area contributed by atoms with Crippen molar-refractivity contribution in [1.29, 1.82) is 0 Å². The molecule has 22 heavy (non-hydrogen) atoms. The molecule has 1 aromatic carbocycles. The number of hydrogen-bond acceptors (Lipinski definition) is 4. The second kappa shape index (κ2) is 5.93. The fourth-order valence-electron chi connectivity index (χ4n) is 2.19. The largest absolute Gasteiger partial charge is 0.480 e. The molecule has 1 aliphatic rings. The van der Waals surface area contributed by atoms with E-state index >= 15 is 0 Å². The molecular weight excluding hydrogens is 282 g/mol. The summed E-state index contributed by atoms with van der Waals surface area (Å²) >= 11 is 0. The van der Waals surface area contributed by atoms with Gasteiger partial charge in [-0.25, -0.2) is 9.97 Å². The molecule has 6 heteroatoms. The third-order valence-electron chi connectivity index (χ3n) is 3.44. The molecule has 0 aliphatic heterocycles. The first-order chi connectivity index (χ1) is 10.6. The van der Waals surface area contributed by atoms with Crippen molar-refractivity contribution in [3.8, 4) is 0 Å². The fraction of sp³-hybridized carbons (Fsp3) is 0.250. The maximum Gasteiger partial charge on any atom is 0.323 e. The third kappa shape index (κ3) is 3.11. The molecule has 6 nitrogen and oxygen atoms in total. The summed E-state index contributed by atoms with van der Waals surface area (Å²) in [6, 6.07) is 10.2. The van der Waals surface area contributed by atoms with Crippen molar-refractivity contribution in [2.24, 2.45) is 0 Å². The summed E-state index contributed by atoms with van der Waals surface area (Å²) in [5.74, 6) is -0.516. The van der Waals surface area contributed by atoms with E-state index < -0.39 is 18.4 Å². The number of anilines is 1. The third-order valence-corrected chi connectivity index (χ3v) is 3.44. The van der Waals surface area contributed by atoms with Crippen LogP contribution < -0.4 is 4.90 Å². The van der Waals surface area contributed by atoms with Crippen molar-refractivity contribution < 1.29 is 14.7 Å². The minimum Gasteiger partial charge on any atom is -0.480 e. The first-order valence-corrected chi connectivity index (χ1v) is 7.07. The predicted octanol–water partition coefficient (Wildman–Crippen LogP) is 2.09. The number of rotatable bonds is 5. The van der Waals surface area contributed by atoms with E-state index in [2.05, 4.69) is 9.97 Å². The molecule has 0 unspecified atom stereocenters. The lowest BCUT2D eigenvalue weighted by molar-refractivity contribution is -0.135. The van der Waals surface area contributed by atoms with Crippen LogP contribution in [0.4, 0.5) is 5.69 Å². The Labute approximate surface area is 127 Å². The second-order valence-electron chi connectivity index (χ2n) is 5.19. The predicted molar refractivity (Wildman–Crippen MR) is 79.8 cm³/mol. The SMILES string of the molecule is O=C(O)CN(C(=O)c1ccnc(C2CC2)n1)c1ccccc1. The minimum absolute atomic E-state index is 0.224. The van der Waals surface area contributed by atoms with E-state index in [9.17, 15) is 9.59 Å². The number of amides is 1. The average molecular weight is 297 g/mol. The molecule has 1 amide bonds. The Morgan fingerprint density at radius 3 is 2.55 bits per heavy atom. The van der Waals surface area contributed by atoms with Gasteiger partial charge in [-0.05, 0) is 31.0 Å². The molecule has 1 aliphatic carbocycles. The molecule has 0 atom stereocenters. The topological polar surface area (TPSA) is 83.4 Å². The van der Waals surface area contributed by atoms with Gasteiger partial charge in [0.05, 0.1) is 0 Å². The Bertz CT molecular complexity index is 699. The van der Waals surface area contributed by atoms with Crippen LogP contribution in [0, 0.1) is 0 Å². The summed E-state index contributed by atoms with van der Waals surface area (Å²) in [6.45, 7) is -0.411. The Hall–Kier alpha value is -2.76. The van der Waals surface area contributed by atoms with Crippen LogP contribution >= 0.6 is 0 Å². The van der Waals surface area contributed by atoms with E-state index in [1.54, 1.807) is 30.5 Å². The van der Waals surface area contributed by atoms with Gasteiger partial charge in [0, 0.05) is 17.8 Å². The van der Waals surface area contributed by atoms with Crippen molar-refractivity contribution in [2.45, 2.75) is 18.8 Å². The molecule has 112 valence electrons. The van der Waals surface area contributed by atoms with Crippen LogP contribution in [0.5, 0.6) is 0 Å². The number of hydrogen-bond donors (Lipinski definition) is 1. The first kappa shape index (κ1) is 14.2. The number of para-hydroxylation sites is 1. The van der Waals surface area contributed by atoms with Gasteiger partial charge < -0.3 is 5.11 Å². The molecule has 3 rings (SSSR count). The highest BCUT2D eigenvalue weighted by molar-refractivity contribution is 6.06. The number of carbonyl (C=O) groups is 2. The molecule has 0 radical (unpaired) electrons. The van der Waals surface area contributed by atoms with E-state index in [0.29, 0.717) is 17.4 Å². The maximum atomic E-state index is 12.6. The number of carbonyl (C=O) groups excluding carboxylic acids is 1. The van der Waals surface area contributed by atoms with Crippen molar-refractivity contribution in [3.05, 3.63) is 54.1 Å². The van der Waals surface area contributed by atoms with Crippen LogP contribution in [-0.4, -0.2) is 33.5 Å². The van der Waals surface area contributed by atoms with Gasteiger partial charge in [-0.1, -0.05) is 18.2 Å². The normalized spacial score (nSPS) is 13.6. The molecule has 1 heterocycles. The highest BCUT2D eigenvalue weighted by atomic mass is 16.4. The summed E-state index contributed by atoms with van der Waals surface area (Å²) in [5.41, 5.74) is 0.753. The van der Waals surface area contributed by atoms with E-state index in [-0.39, 0.29) is 5.69 Å². The lowest BCUT2D eigenvalue weighted by Gasteiger charge is -2.20. The van der Waals surface area contributed by atoms with Gasteiger partial charge in [0.25, 0.3) is 5.91 Å². The average Bonchev–Trinajstić information content (AvgIpc) is 3.38. The standard InChI is InChI=1S/C16H15N3O3/c20-14(21)10-19(12-4-2-1-3-5-12)16(22)13-8-9-17-15(18-13)11-6-7-11/h1-5,8-9,11H,6-7,10H2,(H,20,21). The number of aliphatic carboxylic acids is 1. The van der Waals surface area contributed by atoms with Crippen LogP contribution in [-0.2, 0) is 4.79 Å². The van der Waals surface area contributed by atoms with Gasteiger partial charge in [0.15, 0.2) is 0 Å². The molecule has 1 aromatic heterocycles. The zero-order chi connectivity index (χ0) is 15.5. The molecule has 0 spiro atoms. The Balaban J connectivity index is 1.91. The first-order valence-electron chi connectivity index (χ1n) is 7.07. The van der Waals surface area contributed by atoms with E-state index in [4.69, 9.17) is 5.11 Å². The highest BCUT2D eigenvalue weighted by Crippen LogP contribution is 2.37. The maximum absolute atomic E-state index is 12.6. The van der Waals surface area contributed by atoms with Gasteiger partial charge in [-0.3, -0.25) is 14.5 Å². The molecule has 1 fully saturated rings. The number of carboxylic acids is 1. The van der Waals surface area contributed by atoms with Crippen molar-refractivity contribution >= 4 is 17.6 Å². The van der Waals surface area contributed by atoms with Crippen LogP contribution in [0.15, 0.2) is 42.6 Å². The highest BCUT2D eigenvalue weighted by Gasteiger charge is 2.28.